The third-order valence-electron chi connectivity index (χ3n) is 2.65. The lowest BCUT2D eigenvalue weighted by Gasteiger charge is -2.13. The number of ether oxygens (including phenoxy) is 1. The predicted octanol–water partition coefficient (Wildman–Crippen LogP) is 4.65. The highest BCUT2D eigenvalue weighted by Gasteiger charge is 2.31. The average Bonchev–Trinajstić information content (AvgIpc) is 2.42. The molecule has 0 saturated carbocycles. The average molecular weight is 360 g/mol. The Bertz CT molecular complexity index is 686. The summed E-state index contributed by atoms with van der Waals surface area (Å²) in [7, 11) is 0. The van der Waals surface area contributed by atoms with Crippen LogP contribution >= 0.6 is 15.9 Å². The minimum atomic E-state index is -4.48. The van der Waals surface area contributed by atoms with E-state index in [2.05, 4.69) is 15.9 Å². The summed E-state index contributed by atoms with van der Waals surface area (Å²) in [5.74, 6) is 0.0687. The molecule has 0 fully saturated rings. The number of nitrogens with two attached hydrogens (primary N) is 1. The first-order valence-corrected chi connectivity index (χ1v) is 6.50. The summed E-state index contributed by atoms with van der Waals surface area (Å²) in [5, 5.41) is 0. The number of aldehydes is 1. The molecule has 0 radical (unpaired) electrons. The summed E-state index contributed by atoms with van der Waals surface area (Å²) in [6.45, 7) is 0. The first kappa shape index (κ1) is 15.4. The van der Waals surface area contributed by atoms with E-state index in [1.54, 1.807) is 0 Å². The lowest BCUT2D eigenvalue weighted by Crippen LogP contribution is -2.05. The van der Waals surface area contributed by atoms with Gasteiger partial charge in [-0.15, -0.1) is 0 Å². The van der Waals surface area contributed by atoms with Crippen molar-refractivity contribution in [3.63, 3.8) is 0 Å². The van der Waals surface area contributed by atoms with Crippen LogP contribution in [0.4, 0.5) is 18.9 Å². The van der Waals surface area contributed by atoms with Gasteiger partial charge in [-0.05, 0) is 52.3 Å². The number of halogens is 4. The summed E-state index contributed by atoms with van der Waals surface area (Å²) in [4.78, 5) is 10.7. The van der Waals surface area contributed by atoms with E-state index in [1.165, 1.54) is 24.3 Å². The quantitative estimate of drug-likeness (QED) is 0.640. The minimum Gasteiger partial charge on any atom is -0.454 e. The highest BCUT2D eigenvalue weighted by Crippen LogP contribution is 2.38. The Morgan fingerprint density at radius 1 is 1.10 bits per heavy atom. The van der Waals surface area contributed by atoms with Crippen LogP contribution in [-0.2, 0) is 6.18 Å². The van der Waals surface area contributed by atoms with Crippen LogP contribution in [-0.4, -0.2) is 6.29 Å². The van der Waals surface area contributed by atoms with Gasteiger partial charge in [-0.1, -0.05) is 0 Å². The monoisotopic (exact) mass is 359 g/mol. The van der Waals surface area contributed by atoms with Gasteiger partial charge in [-0.25, -0.2) is 0 Å². The molecule has 21 heavy (non-hydrogen) atoms. The molecule has 0 atom stereocenters. The maximum Gasteiger partial charge on any atom is 0.416 e. The highest BCUT2D eigenvalue weighted by atomic mass is 79.9. The van der Waals surface area contributed by atoms with Crippen LogP contribution in [0, 0.1) is 0 Å². The van der Waals surface area contributed by atoms with Crippen molar-refractivity contribution in [1.82, 2.24) is 0 Å². The van der Waals surface area contributed by atoms with E-state index in [4.69, 9.17) is 10.5 Å². The van der Waals surface area contributed by atoms with Crippen molar-refractivity contribution < 1.29 is 22.7 Å². The molecule has 0 unspecified atom stereocenters. The van der Waals surface area contributed by atoms with Crippen molar-refractivity contribution in [3.8, 4) is 11.5 Å². The number of alkyl halides is 3. The molecule has 0 spiro atoms. The molecule has 3 nitrogen and oxygen atoms in total. The third-order valence-corrected chi connectivity index (χ3v) is 3.31. The third kappa shape index (κ3) is 3.55. The molecule has 0 amide bonds. The summed E-state index contributed by atoms with van der Waals surface area (Å²) < 4.78 is 43.8. The van der Waals surface area contributed by atoms with E-state index in [0.717, 1.165) is 12.1 Å². The van der Waals surface area contributed by atoms with Crippen LogP contribution in [0.25, 0.3) is 0 Å². The summed E-state index contributed by atoms with van der Waals surface area (Å²) in [6, 6.07) is 7.31. The minimum absolute atomic E-state index is 0.0421. The Labute approximate surface area is 126 Å². The number of carbonyl (C=O) groups is 1. The molecule has 0 aliphatic rings. The number of hydrogen-bond donors (Lipinski definition) is 1. The molecule has 7 heteroatoms. The summed E-state index contributed by atoms with van der Waals surface area (Å²) >= 11 is 3.11. The largest absolute Gasteiger partial charge is 0.454 e. The van der Waals surface area contributed by atoms with Gasteiger partial charge in [0, 0.05) is 5.56 Å². The van der Waals surface area contributed by atoms with Gasteiger partial charge in [-0.3, -0.25) is 4.79 Å². The molecular weight excluding hydrogens is 351 g/mol. The Balaban J connectivity index is 2.41. The van der Waals surface area contributed by atoms with Crippen molar-refractivity contribution >= 4 is 27.9 Å². The topological polar surface area (TPSA) is 52.3 Å². The fourth-order valence-electron chi connectivity index (χ4n) is 1.59. The van der Waals surface area contributed by atoms with Crippen LogP contribution in [0.15, 0.2) is 40.9 Å². The van der Waals surface area contributed by atoms with Crippen LogP contribution in [0.3, 0.4) is 0 Å². The smallest absolute Gasteiger partial charge is 0.416 e. The first-order valence-electron chi connectivity index (χ1n) is 5.70. The molecule has 110 valence electrons. The fourth-order valence-corrected chi connectivity index (χ4v) is 1.92. The zero-order valence-electron chi connectivity index (χ0n) is 10.4. The maximum absolute atomic E-state index is 12.7. The van der Waals surface area contributed by atoms with Crippen LogP contribution in [0.5, 0.6) is 11.5 Å². The van der Waals surface area contributed by atoms with Gasteiger partial charge in [0.25, 0.3) is 0 Å². The molecule has 2 N–H and O–H groups in total. The van der Waals surface area contributed by atoms with Crippen LogP contribution in [0.1, 0.15) is 15.9 Å². The number of hydrogen-bond acceptors (Lipinski definition) is 3. The van der Waals surface area contributed by atoms with E-state index in [0.29, 0.717) is 16.3 Å². The normalized spacial score (nSPS) is 11.2. The van der Waals surface area contributed by atoms with Crippen LogP contribution in [0.2, 0.25) is 0 Å². The summed E-state index contributed by atoms with van der Waals surface area (Å²) in [5.41, 5.74) is 5.37. The highest BCUT2D eigenvalue weighted by molar-refractivity contribution is 9.10. The zero-order valence-corrected chi connectivity index (χ0v) is 12.0. The van der Waals surface area contributed by atoms with Gasteiger partial charge in [0.2, 0.25) is 0 Å². The molecule has 0 heterocycles. The molecule has 0 aliphatic heterocycles. The Hall–Kier alpha value is -2.02. The molecule has 0 aromatic heterocycles. The van der Waals surface area contributed by atoms with Gasteiger partial charge in [-0.2, -0.15) is 13.2 Å². The van der Waals surface area contributed by atoms with Crippen molar-refractivity contribution in [1.29, 1.82) is 0 Å². The van der Waals surface area contributed by atoms with Gasteiger partial charge < -0.3 is 10.5 Å². The van der Waals surface area contributed by atoms with E-state index < -0.39 is 11.7 Å². The van der Waals surface area contributed by atoms with Crippen LogP contribution < -0.4 is 10.5 Å². The van der Waals surface area contributed by atoms with Gasteiger partial charge >= 0.3 is 6.18 Å². The van der Waals surface area contributed by atoms with E-state index in [1.807, 2.05) is 0 Å². The van der Waals surface area contributed by atoms with E-state index >= 15 is 0 Å². The number of benzene rings is 2. The number of carbonyl (C=O) groups excluding carboxylic acids is 1. The van der Waals surface area contributed by atoms with Crippen molar-refractivity contribution in [3.05, 3.63) is 52.0 Å². The van der Waals surface area contributed by atoms with Crippen molar-refractivity contribution in [2.24, 2.45) is 0 Å². The SMILES string of the molecule is Nc1ccc(C=O)cc1Oc1cc(C(F)(F)F)ccc1Br. The van der Waals surface area contributed by atoms with Gasteiger partial charge in [0.1, 0.15) is 12.0 Å². The van der Waals surface area contributed by atoms with Crippen molar-refractivity contribution in [2.75, 3.05) is 5.73 Å². The van der Waals surface area contributed by atoms with Crippen molar-refractivity contribution in [2.45, 2.75) is 6.18 Å². The molecule has 0 aliphatic carbocycles. The predicted molar refractivity (Wildman–Crippen MR) is 75.5 cm³/mol. The first-order chi connectivity index (χ1) is 9.81. The Kier molecular flexibility index (Phi) is 4.22. The van der Waals surface area contributed by atoms with Gasteiger partial charge in [0.15, 0.2) is 5.75 Å². The molecule has 2 rings (SSSR count). The number of rotatable bonds is 3. The lowest BCUT2D eigenvalue weighted by molar-refractivity contribution is -0.137. The fraction of sp³-hybridized carbons (Fsp3) is 0.0714. The second-order valence-electron chi connectivity index (χ2n) is 4.16. The molecule has 2 aromatic carbocycles. The molecule has 2 aromatic rings. The Morgan fingerprint density at radius 3 is 2.43 bits per heavy atom. The standard InChI is InChI=1S/C14H9BrF3NO2/c15-10-3-2-9(14(16,17)18)6-12(10)21-13-5-8(7-20)1-4-11(13)19/h1-7H,19H2. The maximum atomic E-state index is 12.7. The molecule has 0 saturated heterocycles. The number of anilines is 1. The second kappa shape index (κ2) is 5.77. The molecular formula is C14H9BrF3NO2. The zero-order chi connectivity index (χ0) is 15.6. The second-order valence-corrected chi connectivity index (χ2v) is 5.01. The lowest BCUT2D eigenvalue weighted by atomic mass is 10.2. The Morgan fingerprint density at radius 2 is 1.81 bits per heavy atom. The molecule has 0 bridgehead atoms. The van der Waals surface area contributed by atoms with E-state index in [-0.39, 0.29) is 17.2 Å². The summed E-state index contributed by atoms with van der Waals surface area (Å²) in [6.07, 6.45) is -3.89. The van der Waals surface area contributed by atoms with E-state index in [9.17, 15) is 18.0 Å². The number of nitrogen functional groups attached to an aromatic ring is 1. The van der Waals surface area contributed by atoms with Gasteiger partial charge in [0.05, 0.1) is 15.7 Å².